The molecule has 0 aliphatic rings. The molecule has 2 aromatic rings. The first-order chi connectivity index (χ1) is 7.61. The monoisotopic (exact) mass is 253 g/mol. The topological polar surface area (TPSA) is 22.1 Å². The molecule has 1 aromatic heterocycles. The summed E-state index contributed by atoms with van der Waals surface area (Å²) >= 11 is 7.75. The van der Waals surface area contributed by atoms with E-state index < -0.39 is 0 Å². The number of hydrogen-bond acceptors (Lipinski definition) is 3. The van der Waals surface area contributed by atoms with E-state index in [1.165, 1.54) is 0 Å². The van der Waals surface area contributed by atoms with Gasteiger partial charge in [-0.25, -0.2) is 4.98 Å². The highest BCUT2D eigenvalue weighted by atomic mass is 35.5. The quantitative estimate of drug-likeness (QED) is 0.804. The molecular weight excluding hydrogens is 242 g/mol. The average molecular weight is 254 g/mol. The Morgan fingerprint density at radius 1 is 1.31 bits per heavy atom. The summed E-state index contributed by atoms with van der Waals surface area (Å²) in [5.41, 5.74) is 3.16. The number of benzene rings is 1. The van der Waals surface area contributed by atoms with Gasteiger partial charge in [0.1, 0.15) is 5.75 Å². The van der Waals surface area contributed by atoms with Crippen LogP contribution in [-0.2, 0) is 0 Å². The van der Waals surface area contributed by atoms with Crippen molar-refractivity contribution in [1.82, 2.24) is 4.98 Å². The van der Waals surface area contributed by atoms with Crippen LogP contribution >= 0.6 is 22.9 Å². The van der Waals surface area contributed by atoms with Crippen LogP contribution in [0.1, 0.15) is 10.6 Å². The Balaban J connectivity index is 2.54. The van der Waals surface area contributed by atoms with Gasteiger partial charge in [0.2, 0.25) is 0 Å². The Kier molecular flexibility index (Phi) is 3.17. The second-order valence-electron chi connectivity index (χ2n) is 3.55. The van der Waals surface area contributed by atoms with Crippen LogP contribution in [0.2, 0.25) is 5.02 Å². The highest BCUT2D eigenvalue weighted by Gasteiger charge is 2.10. The molecule has 1 heterocycles. The molecule has 0 bridgehead atoms. The van der Waals surface area contributed by atoms with Crippen molar-refractivity contribution in [1.29, 1.82) is 0 Å². The van der Waals surface area contributed by atoms with Crippen LogP contribution in [0.5, 0.6) is 5.75 Å². The van der Waals surface area contributed by atoms with Gasteiger partial charge < -0.3 is 4.74 Å². The molecule has 4 heteroatoms. The van der Waals surface area contributed by atoms with E-state index in [0.29, 0.717) is 10.8 Å². The van der Waals surface area contributed by atoms with Gasteiger partial charge in [0.15, 0.2) is 0 Å². The lowest BCUT2D eigenvalue weighted by Crippen LogP contribution is -1.89. The zero-order chi connectivity index (χ0) is 11.7. The van der Waals surface area contributed by atoms with E-state index in [2.05, 4.69) is 4.98 Å². The lowest BCUT2D eigenvalue weighted by atomic mass is 10.1. The normalized spacial score (nSPS) is 10.5. The summed E-state index contributed by atoms with van der Waals surface area (Å²) in [5, 5.41) is 3.72. The molecule has 0 aliphatic carbocycles. The predicted octanol–water partition coefficient (Wildman–Crippen LogP) is 4.09. The van der Waals surface area contributed by atoms with Crippen molar-refractivity contribution >= 4 is 22.9 Å². The van der Waals surface area contributed by atoms with Crippen molar-refractivity contribution in [2.75, 3.05) is 7.11 Å². The highest BCUT2D eigenvalue weighted by Crippen LogP contribution is 2.33. The number of nitrogens with zero attached hydrogens (tertiary/aromatic N) is 1. The van der Waals surface area contributed by atoms with Crippen molar-refractivity contribution in [3.8, 4) is 17.0 Å². The minimum absolute atomic E-state index is 0.619. The highest BCUT2D eigenvalue weighted by molar-refractivity contribution is 7.09. The first kappa shape index (κ1) is 11.4. The van der Waals surface area contributed by atoms with Gasteiger partial charge in [-0.15, -0.1) is 11.3 Å². The standard InChI is InChI=1S/C12H12ClNOS/c1-7-4-12(15-3)10(13)5-9(7)11-6-16-8(2)14-11/h4-6H,1-3H3. The van der Waals surface area contributed by atoms with E-state index in [1.54, 1.807) is 18.4 Å². The number of methoxy groups -OCH3 is 1. The molecule has 0 N–H and O–H groups in total. The molecule has 0 saturated carbocycles. The summed E-state index contributed by atoms with van der Waals surface area (Å²) in [5.74, 6) is 0.704. The number of aromatic nitrogens is 1. The second-order valence-corrected chi connectivity index (χ2v) is 5.02. The van der Waals surface area contributed by atoms with Crippen LogP contribution in [0.15, 0.2) is 17.5 Å². The summed E-state index contributed by atoms with van der Waals surface area (Å²) in [4.78, 5) is 4.46. The molecule has 0 amide bonds. The van der Waals surface area contributed by atoms with Crippen molar-refractivity contribution in [2.45, 2.75) is 13.8 Å². The molecule has 84 valence electrons. The van der Waals surface area contributed by atoms with Gasteiger partial charge in [-0.05, 0) is 31.5 Å². The average Bonchev–Trinajstić information content (AvgIpc) is 2.67. The Labute approximate surface area is 104 Å². The zero-order valence-electron chi connectivity index (χ0n) is 9.37. The number of aryl methyl sites for hydroxylation is 2. The van der Waals surface area contributed by atoms with E-state index in [-0.39, 0.29) is 0 Å². The summed E-state index contributed by atoms with van der Waals surface area (Å²) in [6.07, 6.45) is 0. The lowest BCUT2D eigenvalue weighted by Gasteiger charge is -2.08. The Hall–Kier alpha value is -1.06. The van der Waals surface area contributed by atoms with E-state index in [4.69, 9.17) is 16.3 Å². The van der Waals surface area contributed by atoms with Crippen molar-refractivity contribution < 1.29 is 4.74 Å². The van der Waals surface area contributed by atoms with Crippen LogP contribution in [0, 0.1) is 13.8 Å². The summed E-state index contributed by atoms with van der Waals surface area (Å²) in [6.45, 7) is 4.03. The SMILES string of the molecule is COc1cc(C)c(-c2csc(C)n2)cc1Cl. The van der Waals surface area contributed by atoms with Crippen LogP contribution in [-0.4, -0.2) is 12.1 Å². The minimum Gasteiger partial charge on any atom is -0.495 e. The van der Waals surface area contributed by atoms with Gasteiger partial charge in [0.25, 0.3) is 0 Å². The molecule has 1 aromatic carbocycles. The molecule has 0 saturated heterocycles. The van der Waals surface area contributed by atoms with Crippen LogP contribution < -0.4 is 4.74 Å². The zero-order valence-corrected chi connectivity index (χ0v) is 10.9. The number of ether oxygens (including phenoxy) is 1. The Morgan fingerprint density at radius 2 is 2.06 bits per heavy atom. The Bertz CT molecular complexity index is 522. The fraction of sp³-hybridized carbons (Fsp3) is 0.250. The van der Waals surface area contributed by atoms with E-state index in [0.717, 1.165) is 21.8 Å². The molecule has 0 spiro atoms. The third kappa shape index (κ3) is 2.06. The molecule has 0 atom stereocenters. The Morgan fingerprint density at radius 3 is 2.62 bits per heavy atom. The van der Waals surface area contributed by atoms with E-state index >= 15 is 0 Å². The molecule has 0 radical (unpaired) electrons. The summed E-state index contributed by atoms with van der Waals surface area (Å²) < 4.78 is 5.17. The molecule has 2 nitrogen and oxygen atoms in total. The predicted molar refractivity (Wildman–Crippen MR) is 68.6 cm³/mol. The van der Waals surface area contributed by atoms with Crippen LogP contribution in [0.3, 0.4) is 0 Å². The van der Waals surface area contributed by atoms with E-state index in [1.807, 2.05) is 31.4 Å². The van der Waals surface area contributed by atoms with Crippen molar-refractivity contribution in [3.63, 3.8) is 0 Å². The first-order valence-corrected chi connectivity index (χ1v) is 6.14. The first-order valence-electron chi connectivity index (χ1n) is 4.88. The van der Waals surface area contributed by atoms with Crippen LogP contribution in [0.4, 0.5) is 0 Å². The maximum Gasteiger partial charge on any atom is 0.137 e. The number of halogens is 1. The third-order valence-corrected chi connectivity index (χ3v) is 3.46. The third-order valence-electron chi connectivity index (χ3n) is 2.39. The fourth-order valence-corrected chi connectivity index (χ4v) is 2.43. The smallest absolute Gasteiger partial charge is 0.137 e. The van der Waals surface area contributed by atoms with Gasteiger partial charge in [-0.3, -0.25) is 0 Å². The molecule has 0 unspecified atom stereocenters. The second kappa shape index (κ2) is 4.44. The van der Waals surface area contributed by atoms with E-state index in [9.17, 15) is 0 Å². The number of rotatable bonds is 2. The summed E-state index contributed by atoms with van der Waals surface area (Å²) in [7, 11) is 1.62. The summed E-state index contributed by atoms with van der Waals surface area (Å²) in [6, 6.07) is 3.84. The fourth-order valence-electron chi connectivity index (χ4n) is 1.57. The number of hydrogen-bond donors (Lipinski definition) is 0. The molecule has 16 heavy (non-hydrogen) atoms. The van der Waals surface area contributed by atoms with Gasteiger partial charge in [-0.1, -0.05) is 11.6 Å². The molecule has 2 rings (SSSR count). The maximum absolute atomic E-state index is 6.11. The maximum atomic E-state index is 6.11. The largest absolute Gasteiger partial charge is 0.495 e. The van der Waals surface area contributed by atoms with Crippen molar-refractivity contribution in [2.24, 2.45) is 0 Å². The van der Waals surface area contributed by atoms with Gasteiger partial charge in [0.05, 0.1) is 22.8 Å². The minimum atomic E-state index is 0.619. The van der Waals surface area contributed by atoms with Gasteiger partial charge in [0, 0.05) is 10.9 Å². The molecule has 0 aliphatic heterocycles. The van der Waals surface area contributed by atoms with Gasteiger partial charge in [-0.2, -0.15) is 0 Å². The van der Waals surface area contributed by atoms with Crippen LogP contribution in [0.25, 0.3) is 11.3 Å². The lowest BCUT2D eigenvalue weighted by molar-refractivity contribution is 0.415. The van der Waals surface area contributed by atoms with Crippen molar-refractivity contribution in [3.05, 3.63) is 33.1 Å². The molecular formula is C12H12ClNOS. The molecule has 0 fully saturated rings. The van der Waals surface area contributed by atoms with Gasteiger partial charge >= 0.3 is 0 Å². The number of thiazole rings is 1.